The summed E-state index contributed by atoms with van der Waals surface area (Å²) in [6.07, 6.45) is -0.574. The van der Waals surface area contributed by atoms with Crippen LogP contribution in [0, 0.1) is 10.1 Å². The van der Waals surface area contributed by atoms with Gasteiger partial charge in [-0.15, -0.1) is 0 Å². The van der Waals surface area contributed by atoms with Gasteiger partial charge in [0, 0.05) is 0 Å². The van der Waals surface area contributed by atoms with Crippen LogP contribution in [0.15, 0.2) is 16.5 Å². The Kier molecular flexibility index (Phi) is 4.21. The molecule has 0 aliphatic rings. The molecule has 1 heterocycles. The lowest BCUT2D eigenvalue weighted by Gasteiger charge is -2.00. The van der Waals surface area contributed by atoms with E-state index in [2.05, 4.69) is 4.74 Å². The fraction of sp³-hybridized carbons (Fsp3) is 0.333. The number of aliphatic carboxylic acids is 1. The highest BCUT2D eigenvalue weighted by atomic mass is 16.6. The molecule has 1 N–H and O–H groups in total. The summed E-state index contributed by atoms with van der Waals surface area (Å²) in [5, 5.41) is 18.6. The third-order valence-electron chi connectivity index (χ3n) is 1.75. The molecule has 0 amide bonds. The number of ether oxygens (including phenoxy) is 1. The van der Waals surface area contributed by atoms with Gasteiger partial charge >= 0.3 is 17.8 Å². The Morgan fingerprint density at radius 2 is 2.12 bits per heavy atom. The summed E-state index contributed by atoms with van der Waals surface area (Å²) in [6, 6.07) is 2.45. The van der Waals surface area contributed by atoms with Gasteiger partial charge in [0.1, 0.15) is 17.3 Å². The van der Waals surface area contributed by atoms with Crippen molar-refractivity contribution in [3.63, 3.8) is 0 Å². The Morgan fingerprint density at radius 1 is 1.41 bits per heavy atom. The first-order chi connectivity index (χ1) is 7.99. The number of nitro groups is 1. The standard InChI is InChI=1S/C9H9NO7/c11-8(12)3-4-9(13)16-5-6-1-2-7(17-6)10(14)15/h1-2H,3-5H2,(H,11,12). The Morgan fingerprint density at radius 3 is 2.65 bits per heavy atom. The first-order valence-electron chi connectivity index (χ1n) is 4.59. The number of furan rings is 1. The van der Waals surface area contributed by atoms with E-state index < -0.39 is 22.7 Å². The van der Waals surface area contributed by atoms with Gasteiger partial charge in [-0.3, -0.25) is 19.7 Å². The number of esters is 1. The van der Waals surface area contributed by atoms with Crippen molar-refractivity contribution in [2.75, 3.05) is 0 Å². The Hall–Kier alpha value is -2.38. The highest BCUT2D eigenvalue weighted by molar-refractivity contribution is 5.76. The molecule has 0 bridgehead atoms. The maximum Gasteiger partial charge on any atom is 0.433 e. The van der Waals surface area contributed by atoms with Gasteiger partial charge in [0.2, 0.25) is 0 Å². The topological polar surface area (TPSA) is 120 Å². The third kappa shape index (κ3) is 4.33. The minimum absolute atomic E-state index is 0.125. The minimum atomic E-state index is -1.10. The van der Waals surface area contributed by atoms with Crippen molar-refractivity contribution >= 4 is 17.8 Å². The summed E-state index contributed by atoms with van der Waals surface area (Å²) < 4.78 is 9.38. The van der Waals surface area contributed by atoms with Crippen molar-refractivity contribution in [3.05, 3.63) is 28.0 Å². The Labute approximate surface area is 94.9 Å². The van der Waals surface area contributed by atoms with Crippen molar-refractivity contribution in [2.45, 2.75) is 19.4 Å². The van der Waals surface area contributed by atoms with Crippen molar-refractivity contribution in [1.82, 2.24) is 0 Å². The molecule has 8 heteroatoms. The quantitative estimate of drug-likeness (QED) is 0.451. The van der Waals surface area contributed by atoms with Gasteiger partial charge in [0.05, 0.1) is 18.9 Å². The summed E-state index contributed by atoms with van der Waals surface area (Å²) >= 11 is 0. The largest absolute Gasteiger partial charge is 0.481 e. The first-order valence-corrected chi connectivity index (χ1v) is 4.59. The second-order valence-corrected chi connectivity index (χ2v) is 3.05. The van der Waals surface area contributed by atoms with Crippen LogP contribution < -0.4 is 0 Å². The average molecular weight is 243 g/mol. The monoisotopic (exact) mass is 243 g/mol. The van der Waals surface area contributed by atoms with E-state index in [9.17, 15) is 19.7 Å². The molecule has 8 nitrogen and oxygen atoms in total. The summed E-state index contributed by atoms with van der Waals surface area (Å²) in [4.78, 5) is 30.7. The minimum Gasteiger partial charge on any atom is -0.481 e. The molecule has 0 spiro atoms. The predicted molar refractivity (Wildman–Crippen MR) is 52.0 cm³/mol. The SMILES string of the molecule is O=C(O)CCC(=O)OCc1ccc([N+](=O)[O-])o1. The number of hydrogen-bond acceptors (Lipinski definition) is 6. The normalized spacial score (nSPS) is 9.88. The summed E-state index contributed by atoms with van der Waals surface area (Å²) in [6.45, 7) is -0.258. The predicted octanol–water partition coefficient (Wildman–Crippen LogP) is 1.10. The van der Waals surface area contributed by atoms with Gasteiger partial charge in [-0.05, 0) is 6.07 Å². The second-order valence-electron chi connectivity index (χ2n) is 3.05. The molecule has 0 radical (unpaired) electrons. The molecule has 1 aromatic rings. The maximum atomic E-state index is 11.0. The van der Waals surface area contributed by atoms with E-state index in [1.165, 1.54) is 6.07 Å². The summed E-state index contributed by atoms with van der Waals surface area (Å²) in [7, 11) is 0. The number of carboxylic acid groups (broad SMARTS) is 1. The molecule has 0 aromatic carbocycles. The van der Waals surface area contributed by atoms with E-state index in [0.717, 1.165) is 6.07 Å². The molecular weight excluding hydrogens is 234 g/mol. The molecule has 17 heavy (non-hydrogen) atoms. The molecule has 0 saturated carbocycles. The lowest BCUT2D eigenvalue weighted by molar-refractivity contribution is -0.402. The molecule has 0 atom stereocenters. The van der Waals surface area contributed by atoms with Gasteiger partial charge < -0.3 is 14.3 Å². The number of rotatable bonds is 6. The maximum absolute atomic E-state index is 11.0. The zero-order valence-corrected chi connectivity index (χ0v) is 8.62. The molecule has 1 rings (SSSR count). The van der Waals surface area contributed by atoms with Gasteiger partial charge in [0.15, 0.2) is 0 Å². The zero-order chi connectivity index (χ0) is 12.8. The highest BCUT2D eigenvalue weighted by Gasteiger charge is 2.13. The smallest absolute Gasteiger partial charge is 0.433 e. The molecule has 0 saturated heterocycles. The first kappa shape index (κ1) is 12.7. The number of carbonyl (C=O) groups is 2. The lowest BCUT2D eigenvalue weighted by atomic mass is 10.3. The van der Waals surface area contributed by atoms with Crippen LogP contribution in [0.2, 0.25) is 0 Å². The van der Waals surface area contributed by atoms with Crippen molar-refractivity contribution < 1.29 is 28.8 Å². The second kappa shape index (κ2) is 5.64. The number of carbonyl (C=O) groups excluding carboxylic acids is 1. The van der Waals surface area contributed by atoms with Gasteiger partial charge in [0.25, 0.3) is 0 Å². The number of nitrogens with zero attached hydrogens (tertiary/aromatic N) is 1. The number of carboxylic acids is 1. The van der Waals surface area contributed by atoms with Crippen LogP contribution in [0.1, 0.15) is 18.6 Å². The van der Waals surface area contributed by atoms with E-state index in [1.54, 1.807) is 0 Å². The van der Waals surface area contributed by atoms with E-state index in [4.69, 9.17) is 9.52 Å². The van der Waals surface area contributed by atoms with Gasteiger partial charge in [-0.25, -0.2) is 0 Å². The van der Waals surface area contributed by atoms with E-state index in [-0.39, 0.29) is 25.2 Å². The molecule has 0 unspecified atom stereocenters. The van der Waals surface area contributed by atoms with E-state index in [1.807, 2.05) is 0 Å². The van der Waals surface area contributed by atoms with Gasteiger partial charge in [-0.1, -0.05) is 0 Å². The molecule has 1 aromatic heterocycles. The zero-order valence-electron chi connectivity index (χ0n) is 8.62. The van der Waals surface area contributed by atoms with E-state index in [0.29, 0.717) is 0 Å². The molecule has 0 fully saturated rings. The molecule has 0 aliphatic heterocycles. The summed E-state index contributed by atoms with van der Waals surface area (Å²) in [5.74, 6) is -2.12. The van der Waals surface area contributed by atoms with E-state index >= 15 is 0 Å². The molecule has 0 aliphatic carbocycles. The third-order valence-corrected chi connectivity index (χ3v) is 1.75. The van der Waals surface area contributed by atoms with Gasteiger partial charge in [-0.2, -0.15) is 0 Å². The molecular formula is C9H9NO7. The van der Waals surface area contributed by atoms with Crippen LogP contribution in [0.3, 0.4) is 0 Å². The highest BCUT2D eigenvalue weighted by Crippen LogP contribution is 2.16. The van der Waals surface area contributed by atoms with Crippen LogP contribution in [0.4, 0.5) is 5.88 Å². The Bertz CT molecular complexity index is 436. The fourth-order valence-corrected chi connectivity index (χ4v) is 0.975. The van der Waals surface area contributed by atoms with Crippen LogP contribution in [0.25, 0.3) is 0 Å². The number of hydrogen-bond donors (Lipinski definition) is 1. The van der Waals surface area contributed by atoms with Crippen molar-refractivity contribution in [3.8, 4) is 0 Å². The fourth-order valence-electron chi connectivity index (χ4n) is 0.975. The lowest BCUT2D eigenvalue weighted by Crippen LogP contribution is -2.07. The van der Waals surface area contributed by atoms with Crippen LogP contribution in [-0.2, 0) is 20.9 Å². The molecule has 92 valence electrons. The van der Waals surface area contributed by atoms with Crippen LogP contribution in [-0.4, -0.2) is 22.0 Å². The average Bonchev–Trinajstić information content (AvgIpc) is 2.72. The van der Waals surface area contributed by atoms with Crippen LogP contribution in [0.5, 0.6) is 0 Å². The van der Waals surface area contributed by atoms with Crippen molar-refractivity contribution in [1.29, 1.82) is 0 Å². The summed E-state index contributed by atoms with van der Waals surface area (Å²) in [5.41, 5.74) is 0. The van der Waals surface area contributed by atoms with Crippen molar-refractivity contribution in [2.24, 2.45) is 0 Å². The Balaban J connectivity index is 2.36. The van der Waals surface area contributed by atoms with Crippen LogP contribution >= 0.6 is 0 Å².